The predicted octanol–water partition coefficient (Wildman–Crippen LogP) is 4.90. The van der Waals surface area contributed by atoms with E-state index in [1.807, 2.05) is 53.4 Å². The number of benzene rings is 3. The molecule has 0 aromatic heterocycles. The largest absolute Gasteiger partial charge is 0.372 e. The zero-order valence-corrected chi connectivity index (χ0v) is 32.3. The van der Waals surface area contributed by atoms with E-state index in [-0.39, 0.29) is 42.0 Å². The van der Waals surface area contributed by atoms with E-state index in [1.165, 1.54) is 0 Å². The normalized spacial score (nSPS) is 22.7. The third-order valence-electron chi connectivity index (χ3n) is 12.5. The van der Waals surface area contributed by atoms with E-state index in [9.17, 15) is 29.2 Å². The number of carbonyl (C=O) groups excluding carboxylic acids is 5. The monoisotopic (exact) mass is 775 g/mol. The highest BCUT2D eigenvalue weighted by molar-refractivity contribution is 6.32. The first-order chi connectivity index (χ1) is 27.0. The molecule has 1 aliphatic carbocycles. The molecule has 1 saturated carbocycles. The Morgan fingerprint density at radius 2 is 1.61 bits per heavy atom. The minimum Gasteiger partial charge on any atom is -0.372 e. The molecule has 0 unspecified atom stereocenters. The van der Waals surface area contributed by atoms with Crippen molar-refractivity contribution >= 4 is 46.8 Å². The first kappa shape index (κ1) is 37.7. The third kappa shape index (κ3) is 7.62. The molecule has 2 N–H and O–H groups in total. The van der Waals surface area contributed by atoms with E-state index >= 15 is 0 Å². The standard InChI is InChI=1S/C43H46ClN7O5/c1-48(35-9-6-29(21-45)37(44)20-35)34-10-7-33(8-11-34)46-40(53)27-4-2-26(3-5-27)22-49-16-14-28(15-17-49)42(55)50-23-30-18-32-25-51(38-12-13-39(52)47-41(38)54)43(56)36(32)19-31(30)24-50/h2-6,9,18-20,28,33-34,38H,7-8,10-17,22-25H2,1H3,(H,46,53)(H,47,52,54)/t33?,34?,38-/m1/s1. The van der Waals surface area contributed by atoms with Crippen LogP contribution in [0.25, 0.3) is 0 Å². The molecule has 56 heavy (non-hydrogen) atoms. The van der Waals surface area contributed by atoms with Gasteiger partial charge in [0.2, 0.25) is 17.7 Å². The maximum atomic E-state index is 13.7. The summed E-state index contributed by atoms with van der Waals surface area (Å²) in [5.74, 6) is -0.862. The van der Waals surface area contributed by atoms with Gasteiger partial charge in [0, 0.05) is 74.5 Å². The van der Waals surface area contributed by atoms with Crippen molar-refractivity contribution in [1.82, 2.24) is 25.3 Å². The van der Waals surface area contributed by atoms with Gasteiger partial charge in [0.15, 0.2) is 0 Å². The average molecular weight is 776 g/mol. The molecule has 13 heteroatoms. The number of nitrogens with zero attached hydrogens (tertiary/aromatic N) is 5. The number of imide groups is 1. The molecule has 4 aliphatic heterocycles. The van der Waals surface area contributed by atoms with Gasteiger partial charge in [-0.1, -0.05) is 29.8 Å². The van der Waals surface area contributed by atoms with E-state index < -0.39 is 11.9 Å². The molecule has 290 valence electrons. The van der Waals surface area contributed by atoms with Crippen LogP contribution in [0.2, 0.25) is 5.02 Å². The predicted molar refractivity (Wildman–Crippen MR) is 209 cm³/mol. The van der Waals surface area contributed by atoms with E-state index in [0.717, 1.165) is 86.1 Å². The number of hydrogen-bond donors (Lipinski definition) is 2. The number of halogens is 1. The number of likely N-dealkylation sites (tertiary alicyclic amines) is 1. The number of nitriles is 1. The molecular formula is C43H46ClN7O5. The van der Waals surface area contributed by atoms with Crippen LogP contribution < -0.4 is 15.5 Å². The first-order valence-corrected chi connectivity index (χ1v) is 20.0. The van der Waals surface area contributed by atoms with Crippen LogP contribution in [0.1, 0.15) is 99.9 Å². The van der Waals surface area contributed by atoms with E-state index in [1.54, 1.807) is 11.0 Å². The average Bonchev–Trinajstić information content (AvgIpc) is 3.77. The molecule has 3 aromatic carbocycles. The van der Waals surface area contributed by atoms with Gasteiger partial charge < -0.3 is 20.0 Å². The molecule has 4 heterocycles. The highest BCUT2D eigenvalue weighted by atomic mass is 35.5. The topological polar surface area (TPSA) is 146 Å². The fourth-order valence-electron chi connectivity index (χ4n) is 9.15. The summed E-state index contributed by atoms with van der Waals surface area (Å²) in [7, 11) is 2.05. The lowest BCUT2D eigenvalue weighted by Gasteiger charge is -2.36. The maximum Gasteiger partial charge on any atom is 0.255 e. The summed E-state index contributed by atoms with van der Waals surface area (Å²) in [6.45, 7) is 3.71. The van der Waals surface area contributed by atoms with E-state index in [4.69, 9.17) is 11.6 Å². The fourth-order valence-corrected chi connectivity index (χ4v) is 9.36. The summed E-state index contributed by atoms with van der Waals surface area (Å²) in [6, 6.07) is 19.2. The molecule has 0 spiro atoms. The molecule has 8 rings (SSSR count). The Morgan fingerprint density at radius 3 is 2.29 bits per heavy atom. The second-order valence-electron chi connectivity index (χ2n) is 16.0. The molecule has 2 saturated heterocycles. The second kappa shape index (κ2) is 15.7. The molecule has 5 amide bonds. The molecule has 12 nitrogen and oxygen atoms in total. The highest BCUT2D eigenvalue weighted by Crippen LogP contribution is 2.35. The molecule has 0 radical (unpaired) electrons. The van der Waals surface area contributed by atoms with Crippen LogP contribution in [0.4, 0.5) is 5.69 Å². The van der Waals surface area contributed by atoms with Gasteiger partial charge in [0.05, 0.1) is 10.6 Å². The van der Waals surface area contributed by atoms with Gasteiger partial charge in [-0.05, 0) is 117 Å². The Hall–Kier alpha value is -5.25. The lowest BCUT2D eigenvalue weighted by molar-refractivity contribution is -0.138. The minimum absolute atomic E-state index is 0.0481. The Bertz CT molecular complexity index is 2120. The summed E-state index contributed by atoms with van der Waals surface area (Å²) >= 11 is 6.26. The van der Waals surface area contributed by atoms with E-state index in [0.29, 0.717) is 53.8 Å². The summed E-state index contributed by atoms with van der Waals surface area (Å²) in [4.78, 5) is 72.2. The van der Waals surface area contributed by atoms with Crippen LogP contribution in [0.3, 0.4) is 0 Å². The molecule has 3 fully saturated rings. The molecular weight excluding hydrogens is 730 g/mol. The molecule has 3 aromatic rings. The highest BCUT2D eigenvalue weighted by Gasteiger charge is 2.41. The smallest absolute Gasteiger partial charge is 0.255 e. The third-order valence-corrected chi connectivity index (χ3v) is 12.8. The number of fused-ring (bicyclic) bond motifs is 2. The number of amides is 5. The van der Waals surface area contributed by atoms with Crippen molar-refractivity contribution in [3.8, 4) is 6.07 Å². The zero-order valence-electron chi connectivity index (χ0n) is 31.6. The number of piperidine rings is 2. The van der Waals surface area contributed by atoms with Crippen molar-refractivity contribution in [2.75, 3.05) is 25.0 Å². The van der Waals surface area contributed by atoms with Crippen LogP contribution >= 0.6 is 11.6 Å². The molecule has 1 atom stereocenters. The summed E-state index contributed by atoms with van der Waals surface area (Å²) in [5, 5.41) is 15.2. The Morgan fingerprint density at radius 1 is 0.893 bits per heavy atom. The van der Waals surface area contributed by atoms with Crippen LogP contribution in [0.15, 0.2) is 54.6 Å². The van der Waals surface area contributed by atoms with Gasteiger partial charge in [0.1, 0.15) is 12.1 Å². The minimum atomic E-state index is -0.642. The van der Waals surface area contributed by atoms with Gasteiger partial charge in [-0.2, -0.15) is 5.26 Å². The quantitative estimate of drug-likeness (QED) is 0.308. The number of anilines is 1. The number of nitrogens with one attached hydrogen (secondary N) is 2. The van der Waals surface area contributed by atoms with Crippen LogP contribution in [0, 0.1) is 17.2 Å². The number of rotatable bonds is 8. The van der Waals surface area contributed by atoms with Crippen molar-refractivity contribution in [3.63, 3.8) is 0 Å². The Kier molecular flexibility index (Phi) is 10.6. The van der Waals surface area contributed by atoms with Gasteiger partial charge in [-0.25, -0.2) is 0 Å². The SMILES string of the molecule is CN(c1ccc(C#N)c(Cl)c1)C1CCC(NC(=O)c2ccc(CN3CCC(C(=O)N4Cc5cc6c(cc5C4)C(=O)N([C@@H]4CCC(=O)NC4=O)C6)CC3)cc2)CC1. The number of hydrogen-bond acceptors (Lipinski definition) is 8. The second-order valence-corrected chi connectivity index (χ2v) is 16.4. The Labute approximate surface area is 331 Å². The maximum absolute atomic E-state index is 13.7. The van der Waals surface area contributed by atoms with Gasteiger partial charge in [0.25, 0.3) is 11.8 Å². The summed E-state index contributed by atoms with van der Waals surface area (Å²) in [6.07, 6.45) is 5.79. The van der Waals surface area contributed by atoms with Crippen molar-refractivity contribution < 1.29 is 24.0 Å². The molecule has 0 bridgehead atoms. The number of carbonyl (C=O) groups is 5. The van der Waals surface area contributed by atoms with Crippen LogP contribution in [-0.4, -0.2) is 82.5 Å². The lowest BCUT2D eigenvalue weighted by Crippen LogP contribution is -2.52. The van der Waals surface area contributed by atoms with Gasteiger partial charge in [-0.3, -0.25) is 34.2 Å². The fraction of sp³-hybridized carbons (Fsp3) is 0.442. The van der Waals surface area contributed by atoms with Crippen molar-refractivity contribution in [2.45, 2.75) is 95.7 Å². The first-order valence-electron chi connectivity index (χ1n) is 19.7. The zero-order chi connectivity index (χ0) is 39.1. The van der Waals surface area contributed by atoms with Crippen LogP contribution in [-0.2, 0) is 40.6 Å². The lowest BCUT2D eigenvalue weighted by atomic mass is 9.90. The van der Waals surface area contributed by atoms with Crippen molar-refractivity contribution in [3.05, 3.63) is 98.6 Å². The summed E-state index contributed by atoms with van der Waals surface area (Å²) < 4.78 is 0. The van der Waals surface area contributed by atoms with Gasteiger partial charge in [-0.15, -0.1) is 0 Å². The van der Waals surface area contributed by atoms with Crippen molar-refractivity contribution in [2.24, 2.45) is 5.92 Å². The molecule has 5 aliphatic rings. The Balaban J connectivity index is 0.770. The van der Waals surface area contributed by atoms with Crippen LogP contribution in [0.5, 0.6) is 0 Å². The van der Waals surface area contributed by atoms with Gasteiger partial charge >= 0.3 is 0 Å². The van der Waals surface area contributed by atoms with Crippen molar-refractivity contribution in [1.29, 1.82) is 5.26 Å². The van der Waals surface area contributed by atoms with E-state index in [2.05, 4.69) is 33.6 Å². The summed E-state index contributed by atoms with van der Waals surface area (Å²) in [5.41, 5.74) is 6.72.